The number of aliphatic hydroxyl groups excluding tert-OH is 1. The second-order valence-electron chi connectivity index (χ2n) is 7.76. The van der Waals surface area contributed by atoms with Crippen molar-refractivity contribution in [2.75, 3.05) is 6.61 Å². The first-order valence-electron chi connectivity index (χ1n) is 11.1. The molecule has 0 fully saturated rings. The molecule has 0 bridgehead atoms. The molecular formula is C28H24FNO4S. The van der Waals surface area contributed by atoms with Crippen molar-refractivity contribution in [1.29, 1.82) is 0 Å². The third-order valence-corrected chi connectivity index (χ3v) is 6.14. The van der Waals surface area contributed by atoms with Gasteiger partial charge in [0.15, 0.2) is 0 Å². The number of rotatable bonds is 7. The number of benzene rings is 3. The highest BCUT2D eigenvalue weighted by Crippen LogP contribution is 2.41. The molecule has 0 aromatic heterocycles. The normalized spacial score (nSPS) is 15.6. The first kappa shape index (κ1) is 24.3. The van der Waals surface area contributed by atoms with E-state index in [-0.39, 0.29) is 30.4 Å². The van der Waals surface area contributed by atoms with E-state index in [0.29, 0.717) is 32.5 Å². The zero-order valence-electron chi connectivity index (χ0n) is 19.3. The quantitative estimate of drug-likeness (QED) is 0.365. The number of ether oxygens (including phenoxy) is 2. The van der Waals surface area contributed by atoms with Gasteiger partial charge in [0.2, 0.25) is 0 Å². The maximum Gasteiger partial charge on any atom is 0.344 e. The number of thioether (sulfide) groups is 1. The molecule has 5 nitrogen and oxygen atoms in total. The minimum Gasteiger partial charge on any atom is -0.506 e. The Balaban J connectivity index is 1.66. The Labute approximate surface area is 207 Å². The third kappa shape index (κ3) is 6.00. The van der Waals surface area contributed by atoms with Crippen LogP contribution in [0, 0.1) is 12.7 Å². The third-order valence-electron chi connectivity index (χ3n) is 5.12. The molecule has 0 aliphatic carbocycles. The standard InChI is InChI=1S/C28H24FNO4S/c1-3-33-28(32)25-26(31)24(35-27(25)30-22-13-11-18(2)12-14-22)16-20-8-4-5-10-23(20)34-17-19-7-6-9-21(29)15-19/h4-16,31H,3,17H2,1-2H3. The van der Waals surface area contributed by atoms with E-state index in [1.165, 1.54) is 23.9 Å². The van der Waals surface area contributed by atoms with E-state index >= 15 is 0 Å². The predicted octanol–water partition coefficient (Wildman–Crippen LogP) is 6.91. The number of aliphatic imine (C=N–C) groups is 1. The predicted molar refractivity (Wildman–Crippen MR) is 137 cm³/mol. The number of para-hydroxylation sites is 1. The number of aliphatic hydroxyl groups is 1. The number of esters is 1. The molecule has 178 valence electrons. The van der Waals surface area contributed by atoms with Crippen LogP contribution in [0.4, 0.5) is 10.1 Å². The van der Waals surface area contributed by atoms with Crippen molar-refractivity contribution in [1.82, 2.24) is 0 Å². The number of hydrogen-bond donors (Lipinski definition) is 1. The molecule has 0 spiro atoms. The van der Waals surface area contributed by atoms with E-state index < -0.39 is 5.97 Å². The largest absolute Gasteiger partial charge is 0.506 e. The first-order chi connectivity index (χ1) is 16.9. The van der Waals surface area contributed by atoms with Gasteiger partial charge in [-0.05, 0) is 55.8 Å². The molecule has 35 heavy (non-hydrogen) atoms. The fourth-order valence-corrected chi connectivity index (χ4v) is 4.41. The van der Waals surface area contributed by atoms with Gasteiger partial charge in [-0.15, -0.1) is 0 Å². The maximum absolute atomic E-state index is 13.5. The first-order valence-corrected chi connectivity index (χ1v) is 11.9. The van der Waals surface area contributed by atoms with E-state index in [9.17, 15) is 14.3 Å². The zero-order valence-corrected chi connectivity index (χ0v) is 20.1. The van der Waals surface area contributed by atoms with Crippen molar-refractivity contribution in [3.05, 3.63) is 112 Å². The lowest BCUT2D eigenvalue weighted by Gasteiger charge is -2.10. The summed E-state index contributed by atoms with van der Waals surface area (Å²) in [4.78, 5) is 17.7. The molecular weight excluding hydrogens is 465 g/mol. The van der Waals surface area contributed by atoms with Gasteiger partial charge in [0, 0.05) is 5.56 Å². The Bertz CT molecular complexity index is 1330. The van der Waals surface area contributed by atoms with Crippen molar-refractivity contribution >= 4 is 34.5 Å². The molecule has 0 unspecified atom stereocenters. The maximum atomic E-state index is 13.5. The van der Waals surface area contributed by atoms with E-state index in [0.717, 1.165) is 5.56 Å². The van der Waals surface area contributed by atoms with Gasteiger partial charge >= 0.3 is 5.97 Å². The second-order valence-corrected chi connectivity index (χ2v) is 8.79. The van der Waals surface area contributed by atoms with Crippen LogP contribution in [0.3, 0.4) is 0 Å². The summed E-state index contributed by atoms with van der Waals surface area (Å²) in [6, 6.07) is 21.1. The highest BCUT2D eigenvalue weighted by molar-refractivity contribution is 8.18. The fraction of sp³-hybridized carbons (Fsp3) is 0.143. The van der Waals surface area contributed by atoms with Crippen molar-refractivity contribution < 1.29 is 23.8 Å². The highest BCUT2D eigenvalue weighted by atomic mass is 32.2. The summed E-state index contributed by atoms with van der Waals surface area (Å²) in [6.07, 6.45) is 1.73. The molecule has 1 heterocycles. The van der Waals surface area contributed by atoms with Gasteiger partial charge in [-0.3, -0.25) is 0 Å². The van der Waals surface area contributed by atoms with Gasteiger partial charge in [-0.25, -0.2) is 14.2 Å². The molecule has 1 aliphatic rings. The molecule has 0 saturated carbocycles. The second kappa shape index (κ2) is 11.1. The van der Waals surface area contributed by atoms with Gasteiger partial charge in [0.25, 0.3) is 0 Å². The van der Waals surface area contributed by atoms with Gasteiger partial charge in [0.1, 0.15) is 34.5 Å². The molecule has 3 aromatic carbocycles. The van der Waals surface area contributed by atoms with Crippen LogP contribution in [0.2, 0.25) is 0 Å². The minimum atomic E-state index is -0.637. The molecule has 7 heteroatoms. The van der Waals surface area contributed by atoms with Crippen LogP contribution in [-0.4, -0.2) is 22.7 Å². The summed E-state index contributed by atoms with van der Waals surface area (Å²) in [6.45, 7) is 4.04. The average Bonchev–Trinajstić information content (AvgIpc) is 3.14. The van der Waals surface area contributed by atoms with E-state index in [1.54, 1.807) is 31.2 Å². The minimum absolute atomic E-state index is 0.0295. The lowest BCUT2D eigenvalue weighted by atomic mass is 10.1. The van der Waals surface area contributed by atoms with Gasteiger partial charge in [0.05, 0.1) is 17.2 Å². The van der Waals surface area contributed by atoms with Crippen LogP contribution < -0.4 is 4.74 Å². The number of aryl methyl sites for hydroxylation is 1. The van der Waals surface area contributed by atoms with E-state index in [1.807, 2.05) is 49.4 Å². The average molecular weight is 490 g/mol. The van der Waals surface area contributed by atoms with Crippen LogP contribution in [0.1, 0.15) is 23.6 Å². The van der Waals surface area contributed by atoms with Crippen LogP contribution in [0.15, 0.2) is 94.0 Å². The molecule has 0 saturated heterocycles. The summed E-state index contributed by atoms with van der Waals surface area (Å²) >= 11 is 1.18. The zero-order chi connectivity index (χ0) is 24.8. The van der Waals surface area contributed by atoms with Crippen molar-refractivity contribution in [3.8, 4) is 5.75 Å². The summed E-state index contributed by atoms with van der Waals surface area (Å²) in [5.41, 5.74) is 3.17. The molecule has 3 aromatic rings. The molecule has 0 amide bonds. The van der Waals surface area contributed by atoms with Crippen molar-refractivity contribution in [2.45, 2.75) is 20.5 Å². The summed E-state index contributed by atoms with van der Waals surface area (Å²) < 4.78 is 24.6. The monoisotopic (exact) mass is 489 g/mol. The number of carbonyl (C=O) groups excluding carboxylic acids is 1. The van der Waals surface area contributed by atoms with Crippen LogP contribution in [0.25, 0.3) is 6.08 Å². The van der Waals surface area contributed by atoms with Crippen LogP contribution in [-0.2, 0) is 16.1 Å². The Morgan fingerprint density at radius 1 is 1.09 bits per heavy atom. The summed E-state index contributed by atoms with van der Waals surface area (Å²) in [7, 11) is 0. The lowest BCUT2D eigenvalue weighted by Crippen LogP contribution is -2.12. The van der Waals surface area contributed by atoms with Crippen LogP contribution >= 0.6 is 11.8 Å². The Kier molecular flexibility index (Phi) is 7.67. The highest BCUT2D eigenvalue weighted by Gasteiger charge is 2.33. The Morgan fingerprint density at radius 2 is 1.86 bits per heavy atom. The topological polar surface area (TPSA) is 68.1 Å². The van der Waals surface area contributed by atoms with Gasteiger partial charge in [-0.2, -0.15) is 0 Å². The Morgan fingerprint density at radius 3 is 2.60 bits per heavy atom. The number of nitrogens with zero attached hydrogens (tertiary/aromatic N) is 1. The Hall–Kier alpha value is -3.84. The van der Waals surface area contributed by atoms with Crippen molar-refractivity contribution in [3.63, 3.8) is 0 Å². The summed E-state index contributed by atoms with van der Waals surface area (Å²) in [5.74, 6) is -0.605. The smallest absolute Gasteiger partial charge is 0.344 e. The molecule has 0 atom stereocenters. The van der Waals surface area contributed by atoms with Crippen LogP contribution in [0.5, 0.6) is 5.75 Å². The van der Waals surface area contributed by atoms with Gasteiger partial charge in [-0.1, -0.05) is 59.8 Å². The SMILES string of the molecule is CCOC(=O)C1=C(O)C(=Cc2ccccc2OCc2cccc(F)c2)SC1=Nc1ccc(C)cc1. The number of carbonyl (C=O) groups is 1. The van der Waals surface area contributed by atoms with Gasteiger partial charge < -0.3 is 14.6 Å². The molecule has 1 N–H and O–H groups in total. The number of halogens is 1. The van der Waals surface area contributed by atoms with E-state index in [2.05, 4.69) is 4.99 Å². The van der Waals surface area contributed by atoms with E-state index in [4.69, 9.17) is 9.47 Å². The molecule has 4 rings (SSSR count). The summed E-state index contributed by atoms with van der Waals surface area (Å²) in [5, 5.41) is 11.3. The fourth-order valence-electron chi connectivity index (χ4n) is 3.39. The van der Waals surface area contributed by atoms with Crippen molar-refractivity contribution in [2.24, 2.45) is 4.99 Å². The number of hydrogen-bond acceptors (Lipinski definition) is 6. The molecule has 0 radical (unpaired) electrons. The lowest BCUT2D eigenvalue weighted by molar-refractivity contribution is -0.138. The molecule has 1 aliphatic heterocycles.